The van der Waals surface area contributed by atoms with Gasteiger partial charge in [0, 0.05) is 18.4 Å². The molecule has 0 saturated heterocycles. The number of amides is 1. The summed E-state index contributed by atoms with van der Waals surface area (Å²) in [6.45, 7) is 0. The fraction of sp³-hybridized carbons (Fsp3) is 0.188. The lowest BCUT2D eigenvalue weighted by Gasteiger charge is -2.17. The zero-order valence-corrected chi connectivity index (χ0v) is 17.1. The summed E-state index contributed by atoms with van der Waals surface area (Å²) in [7, 11) is -5.56. The van der Waals surface area contributed by atoms with Crippen molar-refractivity contribution in [3.63, 3.8) is 0 Å². The maximum absolute atomic E-state index is 12.5. The number of rotatable bonds is 6. The standard InChI is InChI=1S/C16H18ClN3O5S2/c1-20(27(3,24)25)13-6-4-5-11(9-13)18-16(21)14-10-12(7-8-15(14)17)19-26(2,22)23/h4-10,19H,1-3H3,(H,18,21). The Bertz CT molecular complexity index is 1080. The SMILES string of the molecule is CN(c1cccc(NC(=O)c2cc(NS(C)(=O)=O)ccc2Cl)c1)S(C)(=O)=O. The number of hydrogen-bond acceptors (Lipinski definition) is 5. The normalized spacial score (nSPS) is 11.7. The van der Waals surface area contributed by atoms with Gasteiger partial charge in [-0.25, -0.2) is 16.8 Å². The Labute approximate surface area is 163 Å². The number of carbonyl (C=O) groups excluding carboxylic acids is 1. The van der Waals surface area contributed by atoms with Gasteiger partial charge in [0.15, 0.2) is 0 Å². The summed E-state index contributed by atoms with van der Waals surface area (Å²) < 4.78 is 49.3. The van der Waals surface area contributed by atoms with Crippen molar-refractivity contribution in [1.82, 2.24) is 0 Å². The number of hydrogen-bond donors (Lipinski definition) is 2. The fourth-order valence-electron chi connectivity index (χ4n) is 2.15. The van der Waals surface area contributed by atoms with Crippen molar-refractivity contribution in [2.75, 3.05) is 33.9 Å². The number of halogens is 1. The van der Waals surface area contributed by atoms with Crippen molar-refractivity contribution in [1.29, 1.82) is 0 Å². The van der Waals surface area contributed by atoms with E-state index in [9.17, 15) is 21.6 Å². The molecule has 0 bridgehead atoms. The first-order chi connectivity index (χ1) is 12.4. The third-order valence-corrected chi connectivity index (χ3v) is 5.62. The molecule has 1 amide bonds. The molecule has 2 N–H and O–H groups in total. The summed E-state index contributed by atoms with van der Waals surface area (Å²) in [5.74, 6) is -0.573. The second-order valence-corrected chi connectivity index (χ2v) is 9.97. The minimum absolute atomic E-state index is 0.0622. The Balaban J connectivity index is 2.29. The van der Waals surface area contributed by atoms with Crippen LogP contribution in [0.15, 0.2) is 42.5 Å². The van der Waals surface area contributed by atoms with Crippen LogP contribution in [-0.4, -0.2) is 42.3 Å². The summed E-state index contributed by atoms with van der Waals surface area (Å²) in [4.78, 5) is 12.5. The fourth-order valence-corrected chi connectivity index (χ4v) is 3.40. The van der Waals surface area contributed by atoms with Gasteiger partial charge in [-0.1, -0.05) is 17.7 Å². The molecule has 0 atom stereocenters. The number of sulfonamides is 2. The summed E-state index contributed by atoms with van der Waals surface area (Å²) in [5, 5.41) is 2.75. The summed E-state index contributed by atoms with van der Waals surface area (Å²) >= 11 is 6.04. The molecule has 0 aliphatic rings. The smallest absolute Gasteiger partial charge is 0.257 e. The van der Waals surface area contributed by atoms with E-state index in [0.29, 0.717) is 11.4 Å². The largest absolute Gasteiger partial charge is 0.322 e. The van der Waals surface area contributed by atoms with Crippen LogP contribution < -0.4 is 14.3 Å². The van der Waals surface area contributed by atoms with Gasteiger partial charge in [0.25, 0.3) is 5.91 Å². The van der Waals surface area contributed by atoms with Gasteiger partial charge in [-0.15, -0.1) is 0 Å². The summed E-state index contributed by atoms with van der Waals surface area (Å²) in [6.07, 6.45) is 2.06. The Morgan fingerprint density at radius 1 is 1.00 bits per heavy atom. The van der Waals surface area contributed by atoms with E-state index >= 15 is 0 Å². The molecule has 0 saturated carbocycles. The first kappa shape index (κ1) is 21.0. The first-order valence-corrected chi connectivity index (χ1v) is 11.6. The van der Waals surface area contributed by atoms with Crippen LogP contribution in [0, 0.1) is 0 Å². The minimum atomic E-state index is -3.51. The highest BCUT2D eigenvalue weighted by molar-refractivity contribution is 7.92. The Kier molecular flexibility index (Phi) is 6.03. The van der Waals surface area contributed by atoms with Crippen molar-refractivity contribution in [2.45, 2.75) is 0 Å². The van der Waals surface area contributed by atoms with Crippen molar-refractivity contribution in [3.8, 4) is 0 Å². The first-order valence-electron chi connectivity index (χ1n) is 7.49. The van der Waals surface area contributed by atoms with Gasteiger partial charge in [0.05, 0.1) is 28.8 Å². The molecule has 27 heavy (non-hydrogen) atoms. The third kappa shape index (κ3) is 5.84. The van der Waals surface area contributed by atoms with Crippen LogP contribution in [0.2, 0.25) is 5.02 Å². The number of nitrogens with one attached hydrogen (secondary N) is 2. The average molecular weight is 432 g/mol. The van der Waals surface area contributed by atoms with E-state index in [4.69, 9.17) is 11.6 Å². The average Bonchev–Trinajstić information content (AvgIpc) is 2.54. The highest BCUT2D eigenvalue weighted by Crippen LogP contribution is 2.24. The molecule has 0 aliphatic carbocycles. The van der Waals surface area contributed by atoms with Crippen LogP contribution in [0.3, 0.4) is 0 Å². The lowest BCUT2D eigenvalue weighted by Crippen LogP contribution is -2.24. The van der Waals surface area contributed by atoms with E-state index in [-0.39, 0.29) is 16.3 Å². The highest BCUT2D eigenvalue weighted by atomic mass is 35.5. The third-order valence-electron chi connectivity index (χ3n) is 3.48. The maximum atomic E-state index is 12.5. The molecule has 0 fully saturated rings. The monoisotopic (exact) mass is 431 g/mol. The topological polar surface area (TPSA) is 113 Å². The van der Waals surface area contributed by atoms with Gasteiger partial charge in [0.2, 0.25) is 20.0 Å². The molecule has 11 heteroatoms. The van der Waals surface area contributed by atoms with Gasteiger partial charge in [0.1, 0.15) is 0 Å². The second-order valence-electron chi connectivity index (χ2n) is 5.80. The van der Waals surface area contributed by atoms with Crippen LogP contribution in [-0.2, 0) is 20.0 Å². The number of benzene rings is 2. The maximum Gasteiger partial charge on any atom is 0.257 e. The van der Waals surface area contributed by atoms with E-state index < -0.39 is 26.0 Å². The van der Waals surface area contributed by atoms with Gasteiger partial charge in [-0.2, -0.15) is 0 Å². The van der Waals surface area contributed by atoms with Crippen LogP contribution in [0.5, 0.6) is 0 Å². The van der Waals surface area contributed by atoms with Crippen molar-refractivity contribution in [3.05, 3.63) is 53.1 Å². The molecule has 0 heterocycles. The molecule has 0 aliphatic heterocycles. The van der Waals surface area contributed by atoms with Gasteiger partial charge >= 0.3 is 0 Å². The van der Waals surface area contributed by atoms with Gasteiger partial charge < -0.3 is 5.32 Å². The van der Waals surface area contributed by atoms with Crippen LogP contribution in [0.1, 0.15) is 10.4 Å². The van der Waals surface area contributed by atoms with E-state index in [1.54, 1.807) is 18.2 Å². The lowest BCUT2D eigenvalue weighted by molar-refractivity contribution is 0.102. The molecule has 0 radical (unpaired) electrons. The highest BCUT2D eigenvalue weighted by Gasteiger charge is 2.15. The molecule has 2 rings (SSSR count). The molecule has 0 aromatic heterocycles. The molecule has 2 aromatic rings. The van der Waals surface area contributed by atoms with Crippen LogP contribution in [0.25, 0.3) is 0 Å². The van der Waals surface area contributed by atoms with E-state index in [0.717, 1.165) is 16.8 Å². The minimum Gasteiger partial charge on any atom is -0.322 e. The zero-order chi connectivity index (χ0) is 20.4. The van der Waals surface area contributed by atoms with E-state index in [1.807, 2.05) is 0 Å². The van der Waals surface area contributed by atoms with Crippen molar-refractivity contribution in [2.24, 2.45) is 0 Å². The van der Waals surface area contributed by atoms with E-state index in [2.05, 4.69) is 10.0 Å². The predicted molar refractivity (Wildman–Crippen MR) is 108 cm³/mol. The molecule has 0 spiro atoms. The quantitative estimate of drug-likeness (QED) is 0.728. The summed E-state index contributed by atoms with van der Waals surface area (Å²) in [6, 6.07) is 10.4. The molecular formula is C16H18ClN3O5S2. The molecule has 0 unspecified atom stereocenters. The predicted octanol–water partition coefficient (Wildman–Crippen LogP) is 2.36. The molecule has 146 valence electrons. The van der Waals surface area contributed by atoms with Gasteiger partial charge in [-0.05, 0) is 36.4 Å². The van der Waals surface area contributed by atoms with Crippen LogP contribution in [0.4, 0.5) is 17.1 Å². The molecule has 8 nitrogen and oxygen atoms in total. The summed E-state index contributed by atoms with van der Waals surface area (Å²) in [5.41, 5.74) is 0.976. The van der Waals surface area contributed by atoms with Gasteiger partial charge in [-0.3, -0.25) is 13.8 Å². The molecular weight excluding hydrogens is 414 g/mol. The second kappa shape index (κ2) is 7.75. The van der Waals surface area contributed by atoms with Crippen molar-refractivity contribution < 1.29 is 21.6 Å². The Morgan fingerprint density at radius 3 is 2.26 bits per heavy atom. The Morgan fingerprint density at radius 2 is 1.67 bits per heavy atom. The van der Waals surface area contributed by atoms with Crippen molar-refractivity contribution >= 4 is 54.6 Å². The zero-order valence-electron chi connectivity index (χ0n) is 14.7. The van der Waals surface area contributed by atoms with E-state index in [1.165, 1.54) is 31.3 Å². The lowest BCUT2D eigenvalue weighted by atomic mass is 10.2. The Hall–Kier alpha value is -2.30. The van der Waals surface area contributed by atoms with Crippen LogP contribution >= 0.6 is 11.6 Å². The number of nitrogens with zero attached hydrogens (tertiary/aromatic N) is 1. The molecule has 2 aromatic carbocycles. The number of anilines is 3. The number of carbonyl (C=O) groups is 1.